The lowest BCUT2D eigenvalue weighted by Crippen LogP contribution is -2.34. The molecule has 0 atom stereocenters. The van der Waals surface area contributed by atoms with Crippen molar-refractivity contribution in [2.45, 2.75) is 32.1 Å². The number of carbonyl (C=O) groups excluding carboxylic acids is 1. The first-order valence-electron chi connectivity index (χ1n) is 6.64. The minimum absolute atomic E-state index is 0.173. The van der Waals surface area contributed by atoms with Gasteiger partial charge in [0.1, 0.15) is 0 Å². The van der Waals surface area contributed by atoms with Crippen molar-refractivity contribution in [2.24, 2.45) is 11.8 Å². The maximum Gasteiger partial charge on any atom is 0.230 e. The van der Waals surface area contributed by atoms with E-state index in [4.69, 9.17) is 5.11 Å². The molecule has 1 amide bonds. The average Bonchev–Trinajstić information content (AvgIpc) is 2.92. The Morgan fingerprint density at radius 1 is 1.44 bits per heavy atom. The standard InChI is InChI=1S/C14H21NO2S/c1-15(13-3-2-10-18-13)14(17)12-6-4-11(5-7-12)8-9-16/h2-3,10-12,16H,4-9H2,1H3. The fourth-order valence-corrected chi connectivity index (χ4v) is 3.43. The molecule has 0 saturated heterocycles. The number of anilines is 1. The molecule has 4 heteroatoms. The van der Waals surface area contributed by atoms with Crippen LogP contribution in [0.25, 0.3) is 0 Å². The molecule has 0 unspecified atom stereocenters. The van der Waals surface area contributed by atoms with Crippen LogP contribution in [-0.2, 0) is 4.79 Å². The normalized spacial score (nSPS) is 23.9. The van der Waals surface area contributed by atoms with Crippen molar-refractivity contribution in [2.75, 3.05) is 18.6 Å². The number of hydrogen-bond donors (Lipinski definition) is 1. The Kier molecular flexibility index (Phi) is 4.78. The van der Waals surface area contributed by atoms with Gasteiger partial charge in [0, 0.05) is 19.6 Å². The van der Waals surface area contributed by atoms with E-state index in [9.17, 15) is 4.79 Å². The summed E-state index contributed by atoms with van der Waals surface area (Å²) in [6.07, 6.45) is 4.99. The third kappa shape index (κ3) is 3.12. The summed E-state index contributed by atoms with van der Waals surface area (Å²) >= 11 is 1.60. The zero-order chi connectivity index (χ0) is 13.0. The Morgan fingerprint density at radius 2 is 2.17 bits per heavy atom. The number of carbonyl (C=O) groups is 1. The number of thiophene rings is 1. The highest BCUT2D eigenvalue weighted by Crippen LogP contribution is 2.33. The number of nitrogens with zero attached hydrogens (tertiary/aromatic N) is 1. The second-order valence-corrected chi connectivity index (χ2v) is 6.00. The van der Waals surface area contributed by atoms with E-state index < -0.39 is 0 Å². The van der Waals surface area contributed by atoms with Gasteiger partial charge in [0.15, 0.2) is 0 Å². The molecule has 1 aromatic rings. The quantitative estimate of drug-likeness (QED) is 0.911. The number of amides is 1. The van der Waals surface area contributed by atoms with Crippen molar-refractivity contribution in [1.82, 2.24) is 0 Å². The molecule has 0 aliphatic heterocycles. The lowest BCUT2D eigenvalue weighted by molar-refractivity contribution is -0.123. The summed E-state index contributed by atoms with van der Waals surface area (Å²) in [5, 5.41) is 12.0. The van der Waals surface area contributed by atoms with Gasteiger partial charge >= 0.3 is 0 Å². The van der Waals surface area contributed by atoms with E-state index in [0.29, 0.717) is 5.92 Å². The Hall–Kier alpha value is -0.870. The first kappa shape index (κ1) is 13.6. The first-order valence-corrected chi connectivity index (χ1v) is 7.52. The van der Waals surface area contributed by atoms with Gasteiger partial charge in [0.05, 0.1) is 5.00 Å². The minimum atomic E-state index is 0.173. The largest absolute Gasteiger partial charge is 0.396 e. The summed E-state index contributed by atoms with van der Waals surface area (Å²) in [6, 6.07) is 3.96. The molecule has 18 heavy (non-hydrogen) atoms. The van der Waals surface area contributed by atoms with Gasteiger partial charge in [-0.25, -0.2) is 0 Å². The van der Waals surface area contributed by atoms with E-state index >= 15 is 0 Å². The molecule has 1 saturated carbocycles. The molecular formula is C14H21NO2S. The molecule has 1 aliphatic carbocycles. The van der Waals surface area contributed by atoms with Crippen molar-refractivity contribution < 1.29 is 9.90 Å². The van der Waals surface area contributed by atoms with Crippen LogP contribution in [-0.4, -0.2) is 24.7 Å². The van der Waals surface area contributed by atoms with E-state index in [1.54, 1.807) is 16.2 Å². The number of aliphatic hydroxyl groups excluding tert-OH is 1. The van der Waals surface area contributed by atoms with E-state index in [-0.39, 0.29) is 18.4 Å². The lowest BCUT2D eigenvalue weighted by Gasteiger charge is -2.29. The molecule has 3 nitrogen and oxygen atoms in total. The van der Waals surface area contributed by atoms with Crippen LogP contribution in [0.3, 0.4) is 0 Å². The predicted octanol–water partition coefficient (Wildman–Crippen LogP) is 2.90. The third-order valence-electron chi connectivity index (χ3n) is 3.90. The van der Waals surface area contributed by atoms with Crippen LogP contribution in [0.1, 0.15) is 32.1 Å². The Labute approximate surface area is 112 Å². The summed E-state index contributed by atoms with van der Waals surface area (Å²) in [4.78, 5) is 14.1. The van der Waals surface area contributed by atoms with Crippen molar-refractivity contribution in [3.63, 3.8) is 0 Å². The molecule has 0 aromatic carbocycles. The smallest absolute Gasteiger partial charge is 0.230 e. The lowest BCUT2D eigenvalue weighted by atomic mass is 9.80. The highest BCUT2D eigenvalue weighted by atomic mass is 32.1. The van der Waals surface area contributed by atoms with Crippen LogP contribution in [0.2, 0.25) is 0 Å². The van der Waals surface area contributed by atoms with Crippen molar-refractivity contribution in [1.29, 1.82) is 0 Å². The summed E-state index contributed by atoms with van der Waals surface area (Å²) in [7, 11) is 1.87. The Morgan fingerprint density at radius 3 is 2.72 bits per heavy atom. The predicted molar refractivity (Wildman–Crippen MR) is 74.9 cm³/mol. The molecule has 1 aromatic heterocycles. The molecule has 0 radical (unpaired) electrons. The monoisotopic (exact) mass is 267 g/mol. The molecule has 0 bridgehead atoms. The summed E-state index contributed by atoms with van der Waals surface area (Å²) < 4.78 is 0. The molecule has 100 valence electrons. The second-order valence-electron chi connectivity index (χ2n) is 5.08. The van der Waals surface area contributed by atoms with E-state index in [1.165, 1.54) is 0 Å². The van der Waals surface area contributed by atoms with E-state index in [1.807, 2.05) is 24.6 Å². The summed E-state index contributed by atoms with van der Waals surface area (Å²) in [5.74, 6) is 1.04. The van der Waals surface area contributed by atoms with Crippen molar-refractivity contribution >= 4 is 22.2 Å². The molecule has 1 heterocycles. The maximum atomic E-state index is 12.3. The highest BCUT2D eigenvalue weighted by Gasteiger charge is 2.28. The van der Waals surface area contributed by atoms with Gasteiger partial charge < -0.3 is 10.0 Å². The van der Waals surface area contributed by atoms with Gasteiger partial charge in [-0.05, 0) is 55.5 Å². The van der Waals surface area contributed by atoms with Gasteiger partial charge in [0.2, 0.25) is 5.91 Å². The molecular weight excluding hydrogens is 246 g/mol. The van der Waals surface area contributed by atoms with E-state index in [2.05, 4.69) is 0 Å². The Balaban J connectivity index is 1.87. The van der Waals surface area contributed by atoms with Crippen LogP contribution < -0.4 is 4.90 Å². The average molecular weight is 267 g/mol. The van der Waals surface area contributed by atoms with Gasteiger partial charge in [-0.2, -0.15) is 0 Å². The van der Waals surface area contributed by atoms with Gasteiger partial charge in [-0.1, -0.05) is 0 Å². The number of hydrogen-bond acceptors (Lipinski definition) is 3. The zero-order valence-electron chi connectivity index (χ0n) is 10.8. The van der Waals surface area contributed by atoms with Gasteiger partial charge in [-0.3, -0.25) is 4.79 Å². The van der Waals surface area contributed by atoms with Gasteiger partial charge in [0.25, 0.3) is 0 Å². The van der Waals surface area contributed by atoms with Crippen molar-refractivity contribution in [3.05, 3.63) is 17.5 Å². The number of aliphatic hydroxyl groups is 1. The van der Waals surface area contributed by atoms with Crippen LogP contribution in [0, 0.1) is 11.8 Å². The molecule has 1 aliphatic rings. The topological polar surface area (TPSA) is 40.5 Å². The SMILES string of the molecule is CN(C(=O)C1CCC(CCO)CC1)c1cccs1. The molecule has 1 fully saturated rings. The van der Waals surface area contributed by atoms with Crippen LogP contribution >= 0.6 is 11.3 Å². The molecule has 1 N–H and O–H groups in total. The summed E-state index contributed by atoms with van der Waals surface area (Å²) in [6.45, 7) is 0.276. The summed E-state index contributed by atoms with van der Waals surface area (Å²) in [5.41, 5.74) is 0. The molecule has 0 spiro atoms. The zero-order valence-corrected chi connectivity index (χ0v) is 11.7. The fraction of sp³-hybridized carbons (Fsp3) is 0.643. The van der Waals surface area contributed by atoms with E-state index in [0.717, 1.165) is 37.1 Å². The van der Waals surface area contributed by atoms with Crippen LogP contribution in [0.5, 0.6) is 0 Å². The second kappa shape index (κ2) is 6.34. The minimum Gasteiger partial charge on any atom is -0.396 e. The van der Waals surface area contributed by atoms with Crippen LogP contribution in [0.15, 0.2) is 17.5 Å². The molecule has 2 rings (SSSR count). The van der Waals surface area contributed by atoms with Crippen LogP contribution in [0.4, 0.5) is 5.00 Å². The maximum absolute atomic E-state index is 12.3. The van der Waals surface area contributed by atoms with Crippen molar-refractivity contribution in [3.8, 4) is 0 Å². The highest BCUT2D eigenvalue weighted by molar-refractivity contribution is 7.14. The van der Waals surface area contributed by atoms with Gasteiger partial charge in [-0.15, -0.1) is 11.3 Å². The number of rotatable bonds is 4. The first-order chi connectivity index (χ1) is 8.72. The Bertz CT molecular complexity index is 369. The fourth-order valence-electron chi connectivity index (χ4n) is 2.72. The third-order valence-corrected chi connectivity index (χ3v) is 4.85.